The number of imidazole rings is 1. The van der Waals surface area contributed by atoms with Crippen molar-refractivity contribution in [3.05, 3.63) is 78.2 Å². The predicted octanol–water partition coefficient (Wildman–Crippen LogP) is 3.67. The Kier molecular flexibility index (Phi) is 6.37. The van der Waals surface area contributed by atoms with Crippen LogP contribution in [0.4, 0.5) is 5.69 Å². The number of thioether (sulfide) groups is 1. The molecule has 0 fully saturated rings. The largest absolute Gasteiger partial charge is 0.454 e. The monoisotopic (exact) mass is 448 g/mol. The van der Waals surface area contributed by atoms with Gasteiger partial charge in [-0.25, -0.2) is 9.78 Å². The Bertz CT molecular complexity index is 1290. The molecule has 0 aliphatic carbocycles. The van der Waals surface area contributed by atoms with E-state index in [1.807, 2.05) is 35.9 Å². The molecule has 2 N–H and O–H groups in total. The van der Waals surface area contributed by atoms with Gasteiger partial charge < -0.3 is 19.6 Å². The molecule has 0 atom stereocenters. The number of benzene rings is 2. The summed E-state index contributed by atoms with van der Waals surface area (Å²) in [5.74, 6) is -1.16. The molecule has 0 saturated heterocycles. The number of amides is 1. The molecule has 4 aromatic rings. The third-order valence-electron chi connectivity index (χ3n) is 4.75. The Morgan fingerprint density at radius 3 is 2.69 bits per heavy atom. The Labute approximate surface area is 188 Å². The Morgan fingerprint density at radius 2 is 1.88 bits per heavy atom. The fraction of sp³-hybridized carbons (Fsp3) is 0.130. The maximum absolute atomic E-state index is 12.6. The molecule has 162 valence electrons. The molecule has 8 nitrogen and oxygen atoms in total. The highest BCUT2D eigenvalue weighted by atomic mass is 32.2. The van der Waals surface area contributed by atoms with E-state index in [9.17, 15) is 14.4 Å². The number of nitrogens with zero attached hydrogens (tertiary/aromatic N) is 2. The molecule has 2 aromatic carbocycles. The van der Waals surface area contributed by atoms with Crippen molar-refractivity contribution in [1.82, 2.24) is 14.5 Å². The first-order chi connectivity index (χ1) is 15.5. The van der Waals surface area contributed by atoms with E-state index in [4.69, 9.17) is 4.74 Å². The van der Waals surface area contributed by atoms with E-state index in [1.165, 1.54) is 11.8 Å². The molecule has 2 heterocycles. The number of aromatic nitrogens is 3. The molecule has 1 amide bonds. The van der Waals surface area contributed by atoms with Crippen LogP contribution in [0.25, 0.3) is 10.9 Å². The fourth-order valence-electron chi connectivity index (χ4n) is 3.17. The number of anilines is 1. The molecule has 0 spiro atoms. The van der Waals surface area contributed by atoms with Gasteiger partial charge in [-0.3, -0.25) is 9.59 Å². The topological polar surface area (TPSA) is 106 Å². The van der Waals surface area contributed by atoms with Gasteiger partial charge in [0.15, 0.2) is 11.8 Å². The standard InChI is InChI=1S/C23H20N4O4S/c1-27-11-10-24-23(27)32-14-21(29)26-19-9-5-3-7-16(19)22(30)31-13-20(28)17-12-25-18-8-4-2-6-15(17)18/h2-12,25H,13-14H2,1H3,(H,26,29). The molecule has 0 aliphatic rings. The summed E-state index contributed by atoms with van der Waals surface area (Å²) in [4.78, 5) is 44.7. The number of rotatable bonds is 8. The van der Waals surface area contributed by atoms with Crippen LogP contribution in [0.3, 0.4) is 0 Å². The van der Waals surface area contributed by atoms with E-state index in [2.05, 4.69) is 15.3 Å². The van der Waals surface area contributed by atoms with Crippen LogP contribution in [0.2, 0.25) is 0 Å². The van der Waals surface area contributed by atoms with E-state index < -0.39 is 12.6 Å². The summed E-state index contributed by atoms with van der Waals surface area (Å²) >= 11 is 1.28. The Morgan fingerprint density at radius 1 is 1.09 bits per heavy atom. The van der Waals surface area contributed by atoms with Gasteiger partial charge in [0.1, 0.15) is 0 Å². The lowest BCUT2D eigenvalue weighted by atomic mass is 10.1. The van der Waals surface area contributed by atoms with Crippen molar-refractivity contribution in [3.63, 3.8) is 0 Å². The van der Waals surface area contributed by atoms with Crippen LogP contribution in [-0.2, 0) is 16.6 Å². The van der Waals surface area contributed by atoms with Crippen molar-refractivity contribution in [2.24, 2.45) is 7.05 Å². The SMILES string of the molecule is Cn1ccnc1SCC(=O)Nc1ccccc1C(=O)OCC(=O)c1c[nH]c2ccccc12. The van der Waals surface area contributed by atoms with Gasteiger partial charge in [0.2, 0.25) is 11.7 Å². The molecule has 0 unspecified atom stereocenters. The van der Waals surface area contributed by atoms with Crippen molar-refractivity contribution in [3.8, 4) is 0 Å². The van der Waals surface area contributed by atoms with Crippen molar-refractivity contribution in [1.29, 1.82) is 0 Å². The summed E-state index contributed by atoms with van der Waals surface area (Å²) in [5.41, 5.74) is 1.79. The third kappa shape index (κ3) is 4.73. The van der Waals surface area contributed by atoms with Crippen LogP contribution < -0.4 is 5.32 Å². The normalized spacial score (nSPS) is 10.8. The lowest BCUT2D eigenvalue weighted by Crippen LogP contribution is -2.19. The molecular weight excluding hydrogens is 428 g/mol. The predicted molar refractivity (Wildman–Crippen MR) is 122 cm³/mol. The summed E-state index contributed by atoms with van der Waals surface area (Å²) in [6.45, 7) is -0.405. The van der Waals surface area contributed by atoms with Gasteiger partial charge in [-0.05, 0) is 18.2 Å². The van der Waals surface area contributed by atoms with E-state index in [0.717, 1.165) is 10.9 Å². The van der Waals surface area contributed by atoms with Gasteiger partial charge in [0.05, 0.1) is 17.0 Å². The second-order valence-electron chi connectivity index (χ2n) is 6.95. The second-order valence-corrected chi connectivity index (χ2v) is 7.89. The highest BCUT2D eigenvalue weighted by Crippen LogP contribution is 2.20. The van der Waals surface area contributed by atoms with Crippen LogP contribution in [0.5, 0.6) is 0 Å². The molecule has 0 radical (unpaired) electrons. The minimum Gasteiger partial charge on any atom is -0.454 e. The number of hydrogen-bond donors (Lipinski definition) is 2. The fourth-order valence-corrected chi connectivity index (χ4v) is 3.90. The number of carbonyl (C=O) groups excluding carboxylic acids is 3. The Balaban J connectivity index is 1.38. The lowest BCUT2D eigenvalue weighted by Gasteiger charge is -2.10. The zero-order chi connectivity index (χ0) is 22.5. The van der Waals surface area contributed by atoms with Crippen LogP contribution in [-0.4, -0.2) is 44.6 Å². The number of H-pyrrole nitrogens is 1. The van der Waals surface area contributed by atoms with Crippen molar-refractivity contribution >= 4 is 46.0 Å². The molecule has 0 saturated carbocycles. The number of ether oxygens (including phenoxy) is 1. The van der Waals surface area contributed by atoms with Crippen LogP contribution in [0.1, 0.15) is 20.7 Å². The highest BCUT2D eigenvalue weighted by Gasteiger charge is 2.18. The number of ketones is 1. The number of esters is 1. The first kappa shape index (κ1) is 21.4. The average molecular weight is 449 g/mol. The van der Waals surface area contributed by atoms with Crippen molar-refractivity contribution < 1.29 is 19.1 Å². The number of aromatic amines is 1. The maximum Gasteiger partial charge on any atom is 0.340 e. The van der Waals surface area contributed by atoms with E-state index in [-0.39, 0.29) is 23.0 Å². The quantitative estimate of drug-likeness (QED) is 0.242. The molecule has 2 aromatic heterocycles. The van der Waals surface area contributed by atoms with Gasteiger partial charge >= 0.3 is 5.97 Å². The van der Waals surface area contributed by atoms with Crippen LogP contribution in [0, 0.1) is 0 Å². The molecular formula is C23H20N4O4S. The number of para-hydroxylation sites is 2. The third-order valence-corrected chi connectivity index (χ3v) is 5.81. The highest BCUT2D eigenvalue weighted by molar-refractivity contribution is 7.99. The van der Waals surface area contributed by atoms with Crippen molar-refractivity contribution in [2.45, 2.75) is 5.16 Å². The summed E-state index contributed by atoms with van der Waals surface area (Å²) in [6, 6.07) is 13.9. The average Bonchev–Trinajstić information content (AvgIpc) is 3.42. The van der Waals surface area contributed by atoms with Crippen LogP contribution in [0.15, 0.2) is 72.3 Å². The van der Waals surface area contributed by atoms with E-state index in [1.54, 1.807) is 42.9 Å². The first-order valence-corrected chi connectivity index (χ1v) is 10.8. The summed E-state index contributed by atoms with van der Waals surface area (Å²) in [7, 11) is 1.84. The Hall–Kier alpha value is -3.85. The number of carbonyl (C=O) groups is 3. The van der Waals surface area contributed by atoms with Gasteiger partial charge in [-0.2, -0.15) is 0 Å². The van der Waals surface area contributed by atoms with E-state index in [0.29, 0.717) is 16.4 Å². The van der Waals surface area contributed by atoms with Crippen molar-refractivity contribution in [2.75, 3.05) is 17.7 Å². The summed E-state index contributed by atoms with van der Waals surface area (Å²) in [5, 5.41) is 4.21. The maximum atomic E-state index is 12.6. The molecule has 32 heavy (non-hydrogen) atoms. The first-order valence-electron chi connectivity index (χ1n) is 9.78. The minimum atomic E-state index is -0.689. The zero-order valence-electron chi connectivity index (χ0n) is 17.2. The number of aryl methyl sites for hydroxylation is 1. The van der Waals surface area contributed by atoms with Gasteiger partial charge in [-0.1, -0.05) is 42.1 Å². The smallest absolute Gasteiger partial charge is 0.340 e. The summed E-state index contributed by atoms with van der Waals surface area (Å²) in [6.07, 6.45) is 5.06. The number of Topliss-reactive ketones (excluding diaryl/α,β-unsaturated/α-hetero) is 1. The zero-order valence-corrected chi connectivity index (χ0v) is 18.0. The lowest BCUT2D eigenvalue weighted by molar-refractivity contribution is -0.113. The van der Waals surface area contributed by atoms with E-state index >= 15 is 0 Å². The second kappa shape index (κ2) is 9.52. The molecule has 9 heteroatoms. The van der Waals surface area contributed by atoms with Crippen LogP contribution >= 0.6 is 11.8 Å². The molecule has 4 rings (SSSR count). The number of hydrogen-bond acceptors (Lipinski definition) is 6. The number of fused-ring (bicyclic) bond motifs is 1. The van der Waals surface area contributed by atoms with Gasteiger partial charge in [0.25, 0.3) is 0 Å². The van der Waals surface area contributed by atoms with Gasteiger partial charge in [0, 0.05) is 42.1 Å². The minimum absolute atomic E-state index is 0.132. The molecule has 0 bridgehead atoms. The summed E-state index contributed by atoms with van der Waals surface area (Å²) < 4.78 is 7.06. The molecule has 0 aliphatic heterocycles. The van der Waals surface area contributed by atoms with Gasteiger partial charge in [-0.15, -0.1) is 0 Å². The number of nitrogens with one attached hydrogen (secondary N) is 2.